The highest BCUT2D eigenvalue weighted by atomic mass is 31.2. The van der Waals surface area contributed by atoms with Crippen LogP contribution in [-0.2, 0) is 4.57 Å². The Balaban J connectivity index is 3.39. The molecule has 0 aromatic rings. The van der Waals surface area contributed by atoms with Crippen molar-refractivity contribution in [3.05, 3.63) is 12.2 Å². The third-order valence-corrected chi connectivity index (χ3v) is 1.38. The summed E-state index contributed by atoms with van der Waals surface area (Å²) >= 11 is 0. The average Bonchev–Trinajstić information content (AvgIpc) is 1.59. The molecule has 0 amide bonds. The predicted octanol–water partition coefficient (Wildman–Crippen LogP) is 0.287. The van der Waals surface area contributed by atoms with Crippen LogP contribution in [-0.4, -0.2) is 22.6 Å². The Kier molecular flexibility index (Phi) is 3.83. The minimum atomic E-state index is -3.87. The van der Waals surface area contributed by atoms with E-state index in [2.05, 4.69) is 11.9 Å². The Hall–Kier alpha value is -0.150. The van der Waals surface area contributed by atoms with Gasteiger partial charge in [-0.05, 0) is 6.92 Å². The molecule has 0 aliphatic carbocycles. The van der Waals surface area contributed by atoms with E-state index >= 15 is 0 Å². The summed E-state index contributed by atoms with van der Waals surface area (Å²) < 4.78 is 10.2. The Morgan fingerprint density at radius 3 is 2.50 bits per heavy atom. The van der Waals surface area contributed by atoms with Crippen LogP contribution in [0.4, 0.5) is 0 Å². The van der Waals surface area contributed by atoms with E-state index in [1.165, 1.54) is 0 Å². The fraction of sp³-hybridized carbons (Fsp3) is 0.600. The number of rotatable bonds is 4. The summed E-state index contributed by atoms with van der Waals surface area (Å²) in [6.45, 7) is 5.79. The number of hydrogen-bond donors (Lipinski definition) is 3. The molecule has 0 bridgehead atoms. The highest BCUT2D eigenvalue weighted by Gasteiger charge is 2.10. The summed E-state index contributed by atoms with van der Waals surface area (Å²) in [5.74, 6) is 0. The number of nitrogens with one attached hydrogen (secondary N) is 1. The highest BCUT2D eigenvalue weighted by Crippen LogP contribution is 2.31. The summed E-state index contributed by atoms with van der Waals surface area (Å²) in [7, 11) is -3.87. The standard InChI is InChI=1S/C5H12NO3P/c1-5(2)3-6-4-10(7,8)9/h6H,1,3-4H2,2H3,(H2,7,8,9). The lowest BCUT2D eigenvalue weighted by Gasteiger charge is -2.04. The first-order valence-electron chi connectivity index (χ1n) is 2.81. The molecular weight excluding hydrogens is 153 g/mol. The maximum atomic E-state index is 10.2. The molecule has 10 heavy (non-hydrogen) atoms. The van der Waals surface area contributed by atoms with Crippen molar-refractivity contribution in [2.45, 2.75) is 6.92 Å². The van der Waals surface area contributed by atoms with Crippen LogP contribution >= 0.6 is 7.60 Å². The van der Waals surface area contributed by atoms with E-state index in [1.54, 1.807) is 6.92 Å². The summed E-state index contributed by atoms with van der Waals surface area (Å²) in [6.07, 6.45) is -0.278. The van der Waals surface area contributed by atoms with Crippen molar-refractivity contribution in [2.75, 3.05) is 12.8 Å². The third kappa shape index (κ3) is 7.85. The molecule has 0 saturated carbocycles. The molecule has 0 aromatic heterocycles. The Labute approximate surface area is 60.1 Å². The van der Waals surface area contributed by atoms with E-state index in [0.717, 1.165) is 5.57 Å². The second-order valence-corrected chi connectivity index (χ2v) is 3.85. The Morgan fingerprint density at radius 2 is 2.20 bits per heavy atom. The maximum absolute atomic E-state index is 10.2. The molecule has 0 unspecified atom stereocenters. The fourth-order valence-electron chi connectivity index (χ4n) is 0.415. The van der Waals surface area contributed by atoms with Gasteiger partial charge in [0, 0.05) is 6.54 Å². The van der Waals surface area contributed by atoms with E-state index in [1.807, 2.05) is 0 Å². The summed E-state index contributed by atoms with van der Waals surface area (Å²) in [6, 6.07) is 0. The van der Waals surface area contributed by atoms with Crippen LogP contribution in [0.2, 0.25) is 0 Å². The lowest BCUT2D eigenvalue weighted by Crippen LogP contribution is -2.17. The molecule has 0 heterocycles. The lowest BCUT2D eigenvalue weighted by atomic mass is 10.4. The van der Waals surface area contributed by atoms with Gasteiger partial charge in [0.05, 0.1) is 6.29 Å². The molecule has 0 aromatic carbocycles. The van der Waals surface area contributed by atoms with Crippen LogP contribution in [0.3, 0.4) is 0 Å². The molecule has 0 spiro atoms. The Bertz CT molecular complexity index is 162. The normalized spacial score (nSPS) is 11.5. The smallest absolute Gasteiger partial charge is 0.324 e. The quantitative estimate of drug-likeness (QED) is 0.413. The van der Waals surface area contributed by atoms with Gasteiger partial charge in [-0.1, -0.05) is 12.2 Å². The third-order valence-electron chi connectivity index (χ3n) is 0.745. The molecule has 60 valence electrons. The Morgan fingerprint density at radius 1 is 1.70 bits per heavy atom. The summed E-state index contributed by atoms with van der Waals surface area (Å²) in [4.78, 5) is 16.7. The topological polar surface area (TPSA) is 69.6 Å². The monoisotopic (exact) mass is 165 g/mol. The van der Waals surface area contributed by atoms with E-state index < -0.39 is 7.60 Å². The molecule has 5 heteroatoms. The molecule has 0 radical (unpaired) electrons. The molecule has 0 aliphatic heterocycles. The minimum Gasteiger partial charge on any atom is -0.324 e. The molecule has 4 nitrogen and oxygen atoms in total. The van der Waals surface area contributed by atoms with Gasteiger partial charge in [0.15, 0.2) is 0 Å². The average molecular weight is 165 g/mol. The van der Waals surface area contributed by atoms with Gasteiger partial charge in [0.2, 0.25) is 0 Å². The first kappa shape index (κ1) is 9.85. The van der Waals surface area contributed by atoms with Crippen molar-refractivity contribution in [1.82, 2.24) is 5.32 Å². The van der Waals surface area contributed by atoms with Gasteiger partial charge >= 0.3 is 7.60 Å². The molecule has 0 saturated heterocycles. The molecular formula is C5H12NO3P. The zero-order chi connectivity index (χ0) is 8.20. The van der Waals surface area contributed by atoms with Gasteiger partial charge in [0.25, 0.3) is 0 Å². The zero-order valence-corrected chi connectivity index (χ0v) is 6.77. The highest BCUT2D eigenvalue weighted by molar-refractivity contribution is 7.51. The maximum Gasteiger partial charge on any atom is 0.339 e. The molecule has 0 atom stereocenters. The fourth-order valence-corrected chi connectivity index (χ4v) is 0.818. The van der Waals surface area contributed by atoms with Crippen LogP contribution < -0.4 is 5.32 Å². The predicted molar refractivity (Wildman–Crippen MR) is 39.7 cm³/mol. The van der Waals surface area contributed by atoms with Gasteiger partial charge in [-0.3, -0.25) is 4.57 Å². The van der Waals surface area contributed by atoms with E-state index in [0.29, 0.717) is 6.54 Å². The first-order valence-corrected chi connectivity index (χ1v) is 4.61. The second-order valence-electron chi connectivity index (χ2n) is 2.21. The van der Waals surface area contributed by atoms with Gasteiger partial charge in [0.1, 0.15) is 0 Å². The molecule has 3 N–H and O–H groups in total. The minimum absolute atomic E-state index is 0.278. The second kappa shape index (κ2) is 3.88. The first-order chi connectivity index (χ1) is 4.42. The largest absolute Gasteiger partial charge is 0.339 e. The van der Waals surface area contributed by atoms with Crippen molar-refractivity contribution >= 4 is 7.60 Å². The van der Waals surface area contributed by atoms with Crippen molar-refractivity contribution in [1.29, 1.82) is 0 Å². The van der Waals surface area contributed by atoms with Gasteiger partial charge in [-0.2, -0.15) is 0 Å². The summed E-state index contributed by atoms with van der Waals surface area (Å²) in [5.41, 5.74) is 0.855. The van der Waals surface area contributed by atoms with Crippen LogP contribution in [0.25, 0.3) is 0 Å². The SMILES string of the molecule is C=C(C)CNCP(=O)(O)O. The molecule has 0 rings (SSSR count). The van der Waals surface area contributed by atoms with Crippen molar-refractivity contribution in [3.63, 3.8) is 0 Å². The lowest BCUT2D eigenvalue weighted by molar-refractivity contribution is 0.369. The van der Waals surface area contributed by atoms with Gasteiger partial charge in [-0.15, -0.1) is 0 Å². The van der Waals surface area contributed by atoms with Gasteiger partial charge < -0.3 is 15.1 Å². The van der Waals surface area contributed by atoms with Crippen molar-refractivity contribution in [3.8, 4) is 0 Å². The van der Waals surface area contributed by atoms with Crippen LogP contribution in [0.5, 0.6) is 0 Å². The van der Waals surface area contributed by atoms with Crippen LogP contribution in [0.15, 0.2) is 12.2 Å². The van der Waals surface area contributed by atoms with E-state index in [-0.39, 0.29) is 6.29 Å². The number of hydrogen-bond acceptors (Lipinski definition) is 2. The van der Waals surface area contributed by atoms with Crippen molar-refractivity contribution in [2.24, 2.45) is 0 Å². The van der Waals surface area contributed by atoms with Gasteiger partial charge in [-0.25, -0.2) is 0 Å². The molecule has 0 aliphatic rings. The van der Waals surface area contributed by atoms with Crippen LogP contribution in [0.1, 0.15) is 6.92 Å². The summed E-state index contributed by atoms with van der Waals surface area (Å²) in [5, 5.41) is 2.56. The van der Waals surface area contributed by atoms with E-state index in [4.69, 9.17) is 9.79 Å². The van der Waals surface area contributed by atoms with Crippen LogP contribution in [0, 0.1) is 0 Å². The zero-order valence-electron chi connectivity index (χ0n) is 5.87. The van der Waals surface area contributed by atoms with Crippen molar-refractivity contribution < 1.29 is 14.4 Å². The molecule has 0 fully saturated rings. The van der Waals surface area contributed by atoms with E-state index in [9.17, 15) is 4.57 Å².